The number of unbranched alkanes of at least 4 members (excludes halogenated alkanes) is 11. The molecule has 0 fully saturated rings. The predicted octanol–water partition coefficient (Wildman–Crippen LogP) is 12.8. The number of hydrogen-bond acceptors (Lipinski definition) is 7. The molecule has 0 aromatic heterocycles. The Kier molecular flexibility index (Phi) is 38.1. The maximum absolute atomic E-state index is 12.4. The van der Waals surface area contributed by atoms with E-state index in [4.69, 9.17) is 18.5 Å². The molecule has 0 aliphatic rings. The van der Waals surface area contributed by atoms with Crippen molar-refractivity contribution in [1.82, 2.24) is 0 Å². The fourth-order valence-corrected chi connectivity index (χ4v) is 5.98. The van der Waals surface area contributed by atoms with Gasteiger partial charge in [-0.3, -0.25) is 9.36 Å². The summed E-state index contributed by atoms with van der Waals surface area (Å²) in [5.41, 5.74) is 0. The summed E-state index contributed by atoms with van der Waals surface area (Å²) in [5.74, 6) is -0.381. The minimum absolute atomic E-state index is 0.00870. The molecule has 0 amide bonds. The number of nitrogens with zero attached hydrogens (tertiary/aromatic N) is 1. The van der Waals surface area contributed by atoms with Gasteiger partial charge >= 0.3 is 5.97 Å². The van der Waals surface area contributed by atoms with Crippen molar-refractivity contribution < 1.29 is 37.3 Å². The average Bonchev–Trinajstić information content (AvgIpc) is 3.17. The van der Waals surface area contributed by atoms with Crippen LogP contribution in [0.4, 0.5) is 0 Å². The van der Waals surface area contributed by atoms with Crippen LogP contribution in [-0.2, 0) is 27.9 Å². The Hall–Kier alpha value is -2.74. The summed E-state index contributed by atoms with van der Waals surface area (Å²) in [4.78, 5) is 24.8. The number of rotatable bonds is 39. The van der Waals surface area contributed by atoms with E-state index in [0.717, 1.165) is 64.2 Å². The average molecular weight is 816 g/mol. The molecule has 0 saturated carbocycles. The largest absolute Gasteiger partial charge is 0.756 e. The molecule has 0 N–H and O–H groups in total. The van der Waals surface area contributed by atoms with Gasteiger partial charge in [-0.15, -0.1) is 0 Å². The van der Waals surface area contributed by atoms with Gasteiger partial charge in [0.05, 0.1) is 34.0 Å². The first-order chi connectivity index (χ1) is 27.6. The first-order valence-corrected chi connectivity index (χ1v) is 23.5. The first kappa shape index (κ1) is 54.3. The SMILES string of the molecule is CC/C=C\C/C=C\C/C=C\C/C=C\C/C=C\C/C=C\CCC(=O)OCC(COP(=O)([O-])OCC[N+](C)(C)C)O/C=C\CCCCCC/C=C\CCCCCCCC. The van der Waals surface area contributed by atoms with Gasteiger partial charge < -0.3 is 27.9 Å². The van der Waals surface area contributed by atoms with Gasteiger partial charge in [-0.2, -0.15) is 0 Å². The number of likely N-dealkylation sites (N-methyl/N-ethyl adjacent to an activating group) is 1. The fourth-order valence-electron chi connectivity index (χ4n) is 5.25. The number of phosphoric acid groups is 1. The van der Waals surface area contributed by atoms with Crippen LogP contribution in [0.5, 0.6) is 0 Å². The van der Waals surface area contributed by atoms with Crippen LogP contribution in [-0.4, -0.2) is 64.1 Å². The van der Waals surface area contributed by atoms with Gasteiger partial charge in [-0.25, -0.2) is 0 Å². The summed E-state index contributed by atoms with van der Waals surface area (Å²) in [5, 5.41) is 0. The lowest BCUT2D eigenvalue weighted by Gasteiger charge is -2.28. The minimum Gasteiger partial charge on any atom is -0.756 e. The molecule has 326 valence electrons. The summed E-state index contributed by atoms with van der Waals surface area (Å²) < 4.78 is 34.2. The highest BCUT2D eigenvalue weighted by atomic mass is 31.2. The lowest BCUT2D eigenvalue weighted by atomic mass is 10.1. The summed E-state index contributed by atoms with van der Waals surface area (Å²) in [7, 11) is 1.30. The Morgan fingerprint density at radius 3 is 1.54 bits per heavy atom. The zero-order chi connectivity index (χ0) is 42.0. The van der Waals surface area contributed by atoms with Gasteiger partial charge in [-0.05, 0) is 89.5 Å². The molecule has 0 bridgehead atoms. The van der Waals surface area contributed by atoms with E-state index in [0.29, 0.717) is 17.4 Å². The van der Waals surface area contributed by atoms with Crippen LogP contribution in [0.15, 0.2) is 97.4 Å². The Morgan fingerprint density at radius 1 is 0.579 bits per heavy atom. The highest BCUT2D eigenvalue weighted by Crippen LogP contribution is 2.38. The zero-order valence-electron chi connectivity index (χ0n) is 36.7. The second-order valence-electron chi connectivity index (χ2n) is 15.4. The molecule has 0 aliphatic heterocycles. The Labute approximate surface area is 349 Å². The molecule has 0 spiro atoms. The quantitative estimate of drug-likeness (QED) is 0.0152. The van der Waals surface area contributed by atoms with Gasteiger partial charge in [0.1, 0.15) is 19.8 Å². The maximum atomic E-state index is 12.4. The van der Waals surface area contributed by atoms with Crippen molar-refractivity contribution in [3.05, 3.63) is 97.4 Å². The lowest BCUT2D eigenvalue weighted by molar-refractivity contribution is -0.870. The number of allylic oxidation sites excluding steroid dienone is 15. The molecular formula is C48H82NO7P. The highest BCUT2D eigenvalue weighted by molar-refractivity contribution is 7.45. The summed E-state index contributed by atoms with van der Waals surface area (Å²) in [6, 6.07) is 0. The minimum atomic E-state index is -4.54. The molecule has 2 unspecified atom stereocenters. The molecule has 57 heavy (non-hydrogen) atoms. The summed E-state index contributed by atoms with van der Waals surface area (Å²) in [6.45, 7) is 4.47. The number of phosphoric ester groups is 1. The summed E-state index contributed by atoms with van der Waals surface area (Å²) in [6.07, 6.45) is 55.4. The van der Waals surface area contributed by atoms with E-state index in [1.807, 2.05) is 39.4 Å². The lowest BCUT2D eigenvalue weighted by Crippen LogP contribution is -2.37. The third-order valence-corrected chi connectivity index (χ3v) is 9.69. The number of quaternary nitrogens is 1. The summed E-state index contributed by atoms with van der Waals surface area (Å²) >= 11 is 0. The van der Waals surface area contributed by atoms with E-state index in [-0.39, 0.29) is 32.2 Å². The normalized spacial score (nSPS) is 14.6. The van der Waals surface area contributed by atoms with Crippen molar-refractivity contribution in [2.45, 2.75) is 155 Å². The molecule has 0 rings (SSSR count). The van der Waals surface area contributed by atoms with Crippen LogP contribution < -0.4 is 4.89 Å². The second-order valence-corrected chi connectivity index (χ2v) is 16.8. The van der Waals surface area contributed by atoms with Gasteiger partial charge in [-0.1, -0.05) is 144 Å². The Balaban J connectivity index is 4.45. The van der Waals surface area contributed by atoms with E-state index >= 15 is 0 Å². The first-order valence-electron chi connectivity index (χ1n) is 22.0. The zero-order valence-corrected chi connectivity index (χ0v) is 37.6. The fraction of sp³-hybridized carbons (Fsp3) is 0.646. The highest BCUT2D eigenvalue weighted by Gasteiger charge is 2.19. The van der Waals surface area contributed by atoms with Crippen LogP contribution in [0.2, 0.25) is 0 Å². The van der Waals surface area contributed by atoms with Crippen molar-refractivity contribution in [3.8, 4) is 0 Å². The molecule has 8 nitrogen and oxygen atoms in total. The van der Waals surface area contributed by atoms with E-state index in [1.54, 1.807) is 6.26 Å². The number of hydrogen-bond donors (Lipinski definition) is 0. The molecule has 9 heteroatoms. The predicted molar refractivity (Wildman–Crippen MR) is 240 cm³/mol. The van der Waals surface area contributed by atoms with Gasteiger partial charge in [0.25, 0.3) is 7.82 Å². The van der Waals surface area contributed by atoms with Crippen molar-refractivity contribution in [2.24, 2.45) is 0 Å². The number of esters is 1. The topological polar surface area (TPSA) is 94.1 Å². The van der Waals surface area contributed by atoms with Crippen LogP contribution in [0.25, 0.3) is 0 Å². The van der Waals surface area contributed by atoms with Crippen LogP contribution >= 0.6 is 7.82 Å². The molecule has 0 heterocycles. The second kappa shape index (κ2) is 40.1. The van der Waals surface area contributed by atoms with E-state index in [2.05, 4.69) is 86.8 Å². The van der Waals surface area contributed by atoms with E-state index in [9.17, 15) is 14.3 Å². The maximum Gasteiger partial charge on any atom is 0.306 e. The molecule has 0 aromatic carbocycles. The van der Waals surface area contributed by atoms with Crippen molar-refractivity contribution in [3.63, 3.8) is 0 Å². The van der Waals surface area contributed by atoms with Crippen molar-refractivity contribution >= 4 is 13.8 Å². The Morgan fingerprint density at radius 2 is 1.04 bits per heavy atom. The third-order valence-electron chi connectivity index (χ3n) is 8.72. The van der Waals surface area contributed by atoms with E-state index in [1.165, 1.54) is 57.8 Å². The molecule has 0 aromatic rings. The molecule has 0 radical (unpaired) electrons. The van der Waals surface area contributed by atoms with Gasteiger partial charge in [0.15, 0.2) is 6.10 Å². The number of carbonyl (C=O) groups is 1. The molecule has 2 atom stereocenters. The number of ether oxygens (including phenoxy) is 2. The van der Waals surface area contributed by atoms with Crippen LogP contribution in [0.1, 0.15) is 149 Å². The van der Waals surface area contributed by atoms with E-state index < -0.39 is 13.9 Å². The van der Waals surface area contributed by atoms with Crippen LogP contribution in [0, 0.1) is 0 Å². The monoisotopic (exact) mass is 816 g/mol. The molecular weight excluding hydrogens is 734 g/mol. The number of carbonyl (C=O) groups excluding carboxylic acids is 1. The third kappa shape index (κ3) is 44.2. The van der Waals surface area contributed by atoms with Crippen LogP contribution in [0.3, 0.4) is 0 Å². The van der Waals surface area contributed by atoms with Gasteiger partial charge in [0, 0.05) is 6.42 Å². The molecule has 0 aliphatic carbocycles. The smallest absolute Gasteiger partial charge is 0.306 e. The van der Waals surface area contributed by atoms with Crippen molar-refractivity contribution in [2.75, 3.05) is 47.5 Å². The standard InChI is InChI=1S/C48H82NO7P/c1-6-8-10-12-14-16-18-20-22-24-25-26-27-29-31-33-35-37-39-41-48(50)54-45-47(46-56-57(51,52)55-44-42-49(3,4)5)53-43-40-38-36-34-32-30-28-23-21-19-17-15-13-11-9-7-2/h8,10,14,16,20-23,25-26,29,31,35,37,40,43,47H,6-7,9,11-13,15,17-19,24,27-28,30,32-34,36,38-39,41-42,44-46H2,1-5H3/b10-8-,16-14-,22-20-,23-21-,26-25-,31-29-,37-35-,43-40-. The van der Waals surface area contributed by atoms with Crippen molar-refractivity contribution in [1.29, 1.82) is 0 Å². The molecule has 0 saturated heterocycles. The Bertz CT molecular complexity index is 1230. The van der Waals surface area contributed by atoms with Gasteiger partial charge in [0.2, 0.25) is 0 Å².